The van der Waals surface area contributed by atoms with Gasteiger partial charge in [-0.25, -0.2) is 0 Å². The lowest BCUT2D eigenvalue weighted by atomic mass is 10.0. The van der Waals surface area contributed by atoms with Crippen molar-refractivity contribution in [2.75, 3.05) is 5.32 Å². The molecule has 1 aliphatic rings. The molecule has 2 aromatic rings. The van der Waals surface area contributed by atoms with Crippen molar-refractivity contribution in [1.29, 1.82) is 0 Å². The van der Waals surface area contributed by atoms with Crippen LogP contribution in [0.3, 0.4) is 0 Å². The number of hydrogen-bond donors (Lipinski definition) is 1. The van der Waals surface area contributed by atoms with E-state index in [2.05, 4.69) is 52.4 Å². The van der Waals surface area contributed by atoms with Crippen LogP contribution in [-0.4, -0.2) is 0 Å². The van der Waals surface area contributed by atoms with Gasteiger partial charge in [0.05, 0.1) is 11.7 Å². The van der Waals surface area contributed by atoms with Crippen LogP contribution in [0.5, 0.6) is 0 Å². The van der Waals surface area contributed by atoms with Gasteiger partial charge in [-0.1, -0.05) is 41.4 Å². The molecule has 1 aliphatic carbocycles. The normalized spacial score (nSPS) is 15.9. The van der Waals surface area contributed by atoms with Crippen LogP contribution in [0.4, 0.5) is 5.69 Å². The highest BCUT2D eigenvalue weighted by Gasteiger charge is 2.32. The van der Waals surface area contributed by atoms with Gasteiger partial charge in [0.25, 0.3) is 0 Å². The summed E-state index contributed by atoms with van der Waals surface area (Å²) in [6, 6.07) is 15.0. The molecule has 20 heavy (non-hydrogen) atoms. The highest BCUT2D eigenvalue weighted by atomic mass is 79.9. The zero-order valence-electron chi connectivity index (χ0n) is 11.4. The SMILES string of the molecule is Cc1ccc(C(Nc2cc(Cl)ccc2Br)C2CC2)cc1. The molecule has 1 nitrogen and oxygen atoms in total. The molecule has 1 unspecified atom stereocenters. The van der Waals surface area contributed by atoms with Crippen LogP contribution in [0, 0.1) is 12.8 Å². The van der Waals surface area contributed by atoms with E-state index >= 15 is 0 Å². The molecule has 104 valence electrons. The summed E-state index contributed by atoms with van der Waals surface area (Å²) < 4.78 is 1.06. The van der Waals surface area contributed by atoms with Crippen molar-refractivity contribution in [2.24, 2.45) is 5.92 Å². The standard InChI is InChI=1S/C17H17BrClN/c1-11-2-4-12(5-3-11)17(13-6-7-13)20-16-10-14(19)8-9-15(16)18/h2-5,8-10,13,17,20H,6-7H2,1H3. The molecule has 0 saturated heterocycles. The fraction of sp³-hybridized carbons (Fsp3) is 0.294. The van der Waals surface area contributed by atoms with Gasteiger partial charge < -0.3 is 5.32 Å². The number of aryl methyl sites for hydroxylation is 1. The van der Waals surface area contributed by atoms with Gasteiger partial charge in [-0.2, -0.15) is 0 Å². The number of rotatable bonds is 4. The fourth-order valence-corrected chi connectivity index (χ4v) is 2.99. The first-order valence-corrected chi connectivity index (χ1v) is 8.09. The minimum Gasteiger partial charge on any atom is -0.377 e. The third-order valence-electron chi connectivity index (χ3n) is 3.77. The van der Waals surface area contributed by atoms with E-state index in [0.717, 1.165) is 21.1 Å². The fourth-order valence-electron chi connectivity index (χ4n) is 2.45. The number of anilines is 1. The minimum atomic E-state index is 0.366. The molecule has 2 aromatic carbocycles. The number of halogens is 2. The maximum atomic E-state index is 6.10. The average molecular weight is 351 g/mol. The largest absolute Gasteiger partial charge is 0.377 e. The molecular weight excluding hydrogens is 334 g/mol. The molecular formula is C17H17BrClN. The third kappa shape index (κ3) is 3.18. The quantitative estimate of drug-likeness (QED) is 0.716. The van der Waals surface area contributed by atoms with Crippen molar-refractivity contribution in [2.45, 2.75) is 25.8 Å². The Bertz CT molecular complexity index is 605. The summed E-state index contributed by atoms with van der Waals surface area (Å²) in [4.78, 5) is 0. The van der Waals surface area contributed by atoms with E-state index in [1.807, 2.05) is 18.2 Å². The number of benzene rings is 2. The van der Waals surface area contributed by atoms with E-state index in [4.69, 9.17) is 11.6 Å². The Morgan fingerprint density at radius 2 is 1.85 bits per heavy atom. The zero-order chi connectivity index (χ0) is 14.1. The van der Waals surface area contributed by atoms with E-state index in [1.54, 1.807) is 0 Å². The number of hydrogen-bond acceptors (Lipinski definition) is 1. The lowest BCUT2D eigenvalue weighted by molar-refractivity contribution is 0.678. The highest BCUT2D eigenvalue weighted by molar-refractivity contribution is 9.10. The molecule has 0 spiro atoms. The van der Waals surface area contributed by atoms with Gasteiger partial charge in [-0.3, -0.25) is 0 Å². The van der Waals surface area contributed by atoms with Crippen molar-refractivity contribution in [3.05, 3.63) is 63.1 Å². The second-order valence-corrected chi connectivity index (χ2v) is 6.79. The Morgan fingerprint density at radius 3 is 2.50 bits per heavy atom. The van der Waals surface area contributed by atoms with Gasteiger partial charge in [-0.15, -0.1) is 0 Å². The monoisotopic (exact) mass is 349 g/mol. The first-order valence-electron chi connectivity index (χ1n) is 6.91. The van der Waals surface area contributed by atoms with Crippen LogP contribution >= 0.6 is 27.5 Å². The smallest absolute Gasteiger partial charge is 0.0542 e. The predicted molar refractivity (Wildman–Crippen MR) is 89.4 cm³/mol. The van der Waals surface area contributed by atoms with E-state index in [1.165, 1.54) is 24.0 Å². The van der Waals surface area contributed by atoms with Crippen molar-refractivity contribution in [3.63, 3.8) is 0 Å². The summed E-state index contributed by atoms with van der Waals surface area (Å²) in [5.41, 5.74) is 3.71. The Kier molecular flexibility index (Phi) is 4.04. The molecule has 1 saturated carbocycles. The van der Waals surface area contributed by atoms with Gasteiger partial charge in [0.15, 0.2) is 0 Å². The molecule has 1 N–H and O–H groups in total. The van der Waals surface area contributed by atoms with Gasteiger partial charge in [0, 0.05) is 9.50 Å². The Balaban J connectivity index is 1.88. The molecule has 0 bridgehead atoms. The molecule has 0 aromatic heterocycles. The van der Waals surface area contributed by atoms with Gasteiger partial charge in [-0.05, 0) is 65.4 Å². The average Bonchev–Trinajstić information content (AvgIpc) is 3.25. The molecule has 3 rings (SSSR count). The first kappa shape index (κ1) is 14.0. The molecule has 0 heterocycles. The second kappa shape index (κ2) is 5.79. The van der Waals surface area contributed by atoms with Gasteiger partial charge in [0.2, 0.25) is 0 Å². The van der Waals surface area contributed by atoms with Crippen LogP contribution in [0.1, 0.15) is 30.0 Å². The summed E-state index contributed by atoms with van der Waals surface area (Å²) >= 11 is 9.69. The number of nitrogens with one attached hydrogen (secondary N) is 1. The van der Waals surface area contributed by atoms with Gasteiger partial charge >= 0.3 is 0 Å². The van der Waals surface area contributed by atoms with E-state index in [9.17, 15) is 0 Å². The van der Waals surface area contributed by atoms with Gasteiger partial charge in [0.1, 0.15) is 0 Å². The summed E-state index contributed by atoms with van der Waals surface area (Å²) in [5, 5.41) is 4.41. The second-order valence-electron chi connectivity index (χ2n) is 5.49. The molecule has 0 radical (unpaired) electrons. The summed E-state index contributed by atoms with van der Waals surface area (Å²) in [6.07, 6.45) is 2.59. The Labute approximate surface area is 133 Å². The Hall–Kier alpha value is -0.990. The van der Waals surface area contributed by atoms with E-state index in [0.29, 0.717) is 6.04 Å². The predicted octanol–water partition coefficient (Wildman–Crippen LogP) is 5.97. The molecule has 3 heteroatoms. The highest BCUT2D eigenvalue weighted by Crippen LogP contribution is 2.44. The van der Waals surface area contributed by atoms with Crippen LogP contribution in [-0.2, 0) is 0 Å². The Morgan fingerprint density at radius 1 is 1.15 bits per heavy atom. The molecule has 0 amide bonds. The third-order valence-corrected chi connectivity index (χ3v) is 4.70. The lowest BCUT2D eigenvalue weighted by Crippen LogP contribution is -2.13. The van der Waals surface area contributed by atoms with Crippen LogP contribution < -0.4 is 5.32 Å². The van der Waals surface area contributed by atoms with Crippen molar-refractivity contribution >= 4 is 33.2 Å². The van der Waals surface area contributed by atoms with Crippen molar-refractivity contribution in [1.82, 2.24) is 0 Å². The van der Waals surface area contributed by atoms with Crippen LogP contribution in [0.2, 0.25) is 5.02 Å². The lowest BCUT2D eigenvalue weighted by Gasteiger charge is -2.21. The maximum absolute atomic E-state index is 6.10. The summed E-state index contributed by atoms with van der Waals surface area (Å²) in [6.45, 7) is 2.12. The van der Waals surface area contributed by atoms with E-state index in [-0.39, 0.29) is 0 Å². The molecule has 1 atom stereocenters. The first-order chi connectivity index (χ1) is 9.63. The zero-order valence-corrected chi connectivity index (χ0v) is 13.7. The van der Waals surface area contributed by atoms with Crippen LogP contribution in [0.25, 0.3) is 0 Å². The molecule has 0 aliphatic heterocycles. The topological polar surface area (TPSA) is 12.0 Å². The summed E-state index contributed by atoms with van der Waals surface area (Å²) in [7, 11) is 0. The van der Waals surface area contributed by atoms with Crippen molar-refractivity contribution < 1.29 is 0 Å². The van der Waals surface area contributed by atoms with E-state index < -0.39 is 0 Å². The maximum Gasteiger partial charge on any atom is 0.0542 e. The summed E-state index contributed by atoms with van der Waals surface area (Å²) in [5.74, 6) is 0.726. The van der Waals surface area contributed by atoms with Crippen molar-refractivity contribution in [3.8, 4) is 0 Å². The van der Waals surface area contributed by atoms with Crippen LogP contribution in [0.15, 0.2) is 46.9 Å². The molecule has 1 fully saturated rings. The minimum absolute atomic E-state index is 0.366.